The van der Waals surface area contributed by atoms with Gasteiger partial charge in [0.05, 0.1) is 29.8 Å². The molecule has 126 valence electrons. The van der Waals surface area contributed by atoms with Gasteiger partial charge < -0.3 is 9.30 Å². The second-order valence-electron chi connectivity index (χ2n) is 5.90. The van der Waals surface area contributed by atoms with E-state index in [1.807, 2.05) is 48.5 Å². The highest BCUT2D eigenvalue weighted by Gasteiger charge is 2.14. The van der Waals surface area contributed by atoms with E-state index < -0.39 is 0 Å². The molecule has 0 radical (unpaired) electrons. The van der Waals surface area contributed by atoms with Gasteiger partial charge in [0.2, 0.25) is 0 Å². The number of methoxy groups -OCH3 is 1. The van der Waals surface area contributed by atoms with Gasteiger partial charge in [0, 0.05) is 12.7 Å². The number of imidazole rings is 1. The lowest BCUT2D eigenvalue weighted by Gasteiger charge is -2.10. The van der Waals surface area contributed by atoms with E-state index in [4.69, 9.17) is 9.72 Å². The Morgan fingerprint density at radius 1 is 1.08 bits per heavy atom. The quantitative estimate of drug-likeness (QED) is 0.563. The maximum atomic E-state index is 9.19. The lowest BCUT2D eigenvalue weighted by molar-refractivity contribution is 0.414. The Morgan fingerprint density at radius 2 is 1.88 bits per heavy atom. The molecule has 0 N–H and O–H groups in total. The largest absolute Gasteiger partial charge is 0.497 e. The van der Waals surface area contributed by atoms with Crippen molar-refractivity contribution in [2.24, 2.45) is 0 Å². The highest BCUT2D eigenvalue weighted by molar-refractivity contribution is 5.80. The summed E-state index contributed by atoms with van der Waals surface area (Å²) in [5.41, 5.74) is 4.32. The van der Waals surface area contributed by atoms with Gasteiger partial charge in [0.25, 0.3) is 0 Å². The van der Waals surface area contributed by atoms with Gasteiger partial charge in [0.15, 0.2) is 5.82 Å². The molecule has 2 heterocycles. The highest BCUT2D eigenvalue weighted by atomic mass is 16.5. The Balaban J connectivity index is 1.84. The van der Waals surface area contributed by atoms with Crippen molar-refractivity contribution in [2.45, 2.75) is 6.54 Å². The SMILES string of the molecule is COc1ccc(Cn2c(-c3cc(C#N)ccn3)nc3ccccc32)cc1. The zero-order chi connectivity index (χ0) is 17.9. The van der Waals surface area contributed by atoms with Gasteiger partial charge in [-0.05, 0) is 42.0 Å². The minimum absolute atomic E-state index is 0.568. The molecule has 2 aromatic carbocycles. The molecule has 26 heavy (non-hydrogen) atoms. The first-order valence-corrected chi connectivity index (χ1v) is 8.23. The molecule has 0 saturated heterocycles. The van der Waals surface area contributed by atoms with E-state index in [0.717, 1.165) is 28.2 Å². The third kappa shape index (κ3) is 2.89. The lowest BCUT2D eigenvalue weighted by atomic mass is 10.2. The average Bonchev–Trinajstić information content (AvgIpc) is 3.07. The topological polar surface area (TPSA) is 63.7 Å². The summed E-state index contributed by atoms with van der Waals surface area (Å²) in [6.07, 6.45) is 1.64. The number of pyridine rings is 1. The van der Waals surface area contributed by atoms with Crippen molar-refractivity contribution in [3.05, 3.63) is 78.0 Å². The normalized spacial score (nSPS) is 10.6. The summed E-state index contributed by atoms with van der Waals surface area (Å²) in [4.78, 5) is 9.18. The summed E-state index contributed by atoms with van der Waals surface area (Å²) in [6.45, 7) is 0.651. The van der Waals surface area contributed by atoms with Crippen LogP contribution in [0.25, 0.3) is 22.6 Å². The van der Waals surface area contributed by atoms with Crippen LogP contribution in [0.15, 0.2) is 66.9 Å². The fraction of sp³-hybridized carbons (Fsp3) is 0.0952. The molecule has 0 amide bonds. The molecular formula is C21H16N4O. The molecule has 0 fully saturated rings. The number of rotatable bonds is 4. The molecule has 0 spiro atoms. The van der Waals surface area contributed by atoms with Crippen LogP contribution in [-0.4, -0.2) is 21.6 Å². The summed E-state index contributed by atoms with van der Waals surface area (Å²) in [5, 5.41) is 9.19. The molecule has 0 aliphatic carbocycles. The second kappa shape index (κ2) is 6.69. The first-order valence-electron chi connectivity index (χ1n) is 8.23. The number of fused-ring (bicyclic) bond motifs is 1. The van der Waals surface area contributed by atoms with E-state index in [9.17, 15) is 5.26 Å². The van der Waals surface area contributed by atoms with E-state index >= 15 is 0 Å². The molecule has 4 aromatic rings. The van der Waals surface area contributed by atoms with Crippen LogP contribution in [-0.2, 0) is 6.54 Å². The molecule has 2 aromatic heterocycles. The van der Waals surface area contributed by atoms with Crippen molar-refractivity contribution < 1.29 is 4.74 Å². The molecule has 4 rings (SSSR count). The van der Waals surface area contributed by atoms with Crippen LogP contribution < -0.4 is 4.74 Å². The summed E-state index contributed by atoms with van der Waals surface area (Å²) < 4.78 is 7.36. The Labute approximate surface area is 151 Å². The molecule has 0 bridgehead atoms. The van der Waals surface area contributed by atoms with Gasteiger partial charge in [-0.15, -0.1) is 0 Å². The zero-order valence-corrected chi connectivity index (χ0v) is 14.3. The van der Waals surface area contributed by atoms with Crippen molar-refractivity contribution in [3.8, 4) is 23.3 Å². The second-order valence-corrected chi connectivity index (χ2v) is 5.90. The van der Waals surface area contributed by atoms with Crippen molar-refractivity contribution >= 4 is 11.0 Å². The van der Waals surface area contributed by atoms with Gasteiger partial charge in [0.1, 0.15) is 11.4 Å². The predicted molar refractivity (Wildman–Crippen MR) is 99.8 cm³/mol. The Morgan fingerprint density at radius 3 is 2.65 bits per heavy atom. The van der Waals surface area contributed by atoms with Crippen LogP contribution >= 0.6 is 0 Å². The number of nitrogens with zero attached hydrogens (tertiary/aromatic N) is 4. The summed E-state index contributed by atoms with van der Waals surface area (Å²) >= 11 is 0. The minimum atomic E-state index is 0.568. The predicted octanol–water partition coefficient (Wildman–Crippen LogP) is 4.03. The number of ether oxygens (including phenoxy) is 1. The number of nitriles is 1. The van der Waals surface area contributed by atoms with E-state index in [0.29, 0.717) is 17.8 Å². The standard InChI is InChI=1S/C21H16N4O/c1-26-17-8-6-15(7-9-17)14-25-20-5-3-2-4-18(20)24-21(25)19-12-16(13-22)10-11-23-19/h2-12H,14H2,1H3. The Bertz CT molecular complexity index is 1110. The lowest BCUT2D eigenvalue weighted by Crippen LogP contribution is -2.03. The minimum Gasteiger partial charge on any atom is -0.497 e. The van der Waals surface area contributed by atoms with E-state index in [-0.39, 0.29) is 0 Å². The van der Waals surface area contributed by atoms with Gasteiger partial charge in [-0.3, -0.25) is 4.98 Å². The van der Waals surface area contributed by atoms with Gasteiger partial charge in [-0.25, -0.2) is 4.98 Å². The monoisotopic (exact) mass is 340 g/mol. The van der Waals surface area contributed by atoms with Crippen LogP contribution in [0.4, 0.5) is 0 Å². The Kier molecular flexibility index (Phi) is 4.08. The molecule has 5 nitrogen and oxygen atoms in total. The highest BCUT2D eigenvalue weighted by Crippen LogP contribution is 2.25. The Hall–Kier alpha value is -3.65. The van der Waals surface area contributed by atoms with Crippen LogP contribution in [0.3, 0.4) is 0 Å². The fourth-order valence-electron chi connectivity index (χ4n) is 2.97. The molecule has 0 unspecified atom stereocenters. The van der Waals surface area contributed by atoms with Crippen molar-refractivity contribution in [1.29, 1.82) is 5.26 Å². The maximum absolute atomic E-state index is 9.19. The molecule has 0 aliphatic rings. The number of hydrogen-bond acceptors (Lipinski definition) is 4. The first-order chi connectivity index (χ1) is 12.8. The van der Waals surface area contributed by atoms with Crippen LogP contribution in [0.5, 0.6) is 5.75 Å². The third-order valence-corrected chi connectivity index (χ3v) is 4.27. The van der Waals surface area contributed by atoms with E-state index in [1.54, 1.807) is 25.4 Å². The summed E-state index contributed by atoms with van der Waals surface area (Å²) in [7, 11) is 1.66. The van der Waals surface area contributed by atoms with Gasteiger partial charge >= 0.3 is 0 Å². The number of para-hydroxylation sites is 2. The average molecular weight is 340 g/mol. The number of benzene rings is 2. The number of aromatic nitrogens is 3. The molecular weight excluding hydrogens is 324 g/mol. The zero-order valence-electron chi connectivity index (χ0n) is 14.3. The van der Waals surface area contributed by atoms with E-state index in [2.05, 4.69) is 15.6 Å². The van der Waals surface area contributed by atoms with Gasteiger partial charge in [-0.2, -0.15) is 5.26 Å². The molecule has 0 aliphatic heterocycles. The first kappa shape index (κ1) is 15.9. The van der Waals surface area contributed by atoms with Crippen molar-refractivity contribution in [3.63, 3.8) is 0 Å². The third-order valence-electron chi connectivity index (χ3n) is 4.27. The molecule has 0 atom stereocenters. The van der Waals surface area contributed by atoms with Gasteiger partial charge in [-0.1, -0.05) is 24.3 Å². The summed E-state index contributed by atoms with van der Waals surface area (Å²) in [6, 6.07) is 21.6. The fourth-order valence-corrected chi connectivity index (χ4v) is 2.97. The molecule has 5 heteroatoms. The van der Waals surface area contributed by atoms with Crippen molar-refractivity contribution in [2.75, 3.05) is 7.11 Å². The van der Waals surface area contributed by atoms with Crippen LogP contribution in [0, 0.1) is 11.3 Å². The van der Waals surface area contributed by atoms with E-state index in [1.165, 1.54) is 0 Å². The number of hydrogen-bond donors (Lipinski definition) is 0. The molecule has 0 saturated carbocycles. The smallest absolute Gasteiger partial charge is 0.160 e. The maximum Gasteiger partial charge on any atom is 0.160 e. The van der Waals surface area contributed by atoms with Crippen LogP contribution in [0.2, 0.25) is 0 Å². The summed E-state index contributed by atoms with van der Waals surface area (Å²) in [5.74, 6) is 1.58. The van der Waals surface area contributed by atoms with Crippen molar-refractivity contribution in [1.82, 2.24) is 14.5 Å². The van der Waals surface area contributed by atoms with Crippen LogP contribution in [0.1, 0.15) is 11.1 Å².